The van der Waals surface area contributed by atoms with Crippen molar-refractivity contribution >= 4 is 10.9 Å². The molecule has 24 heavy (non-hydrogen) atoms. The van der Waals surface area contributed by atoms with Gasteiger partial charge in [-0.25, -0.2) is 4.39 Å². The predicted octanol–water partition coefficient (Wildman–Crippen LogP) is 4.09. The van der Waals surface area contributed by atoms with Crippen molar-refractivity contribution in [3.05, 3.63) is 65.6 Å². The second kappa shape index (κ2) is 7.05. The average molecular weight is 326 g/mol. The smallest absolute Gasteiger partial charge is 0.165 e. The Hall–Kier alpha value is -2.33. The molecular weight excluding hydrogens is 303 g/mol. The summed E-state index contributed by atoms with van der Waals surface area (Å²) in [5.41, 5.74) is 9.38. The maximum Gasteiger partial charge on any atom is 0.165 e. The minimum atomic E-state index is -0.343. The van der Waals surface area contributed by atoms with E-state index >= 15 is 0 Å². The molecule has 1 heterocycles. The number of benzene rings is 2. The predicted molar refractivity (Wildman–Crippen MR) is 96.1 cm³/mol. The molecule has 126 valence electrons. The number of rotatable bonds is 6. The van der Waals surface area contributed by atoms with Gasteiger partial charge in [-0.3, -0.25) is 0 Å². The van der Waals surface area contributed by atoms with Crippen LogP contribution in [0, 0.1) is 5.82 Å². The van der Waals surface area contributed by atoms with Gasteiger partial charge in [0.05, 0.1) is 7.11 Å². The SMILES string of the molecule is CCn1cc(CC(CN)c2ccc(OC)c(F)c2)c2ccccc21. The molecule has 1 atom stereocenters. The molecule has 0 spiro atoms. The van der Waals surface area contributed by atoms with Crippen LogP contribution in [-0.2, 0) is 13.0 Å². The van der Waals surface area contributed by atoms with Crippen LogP contribution >= 0.6 is 0 Å². The zero-order chi connectivity index (χ0) is 17.1. The lowest BCUT2D eigenvalue weighted by molar-refractivity contribution is 0.386. The number of methoxy groups -OCH3 is 1. The monoisotopic (exact) mass is 326 g/mol. The van der Waals surface area contributed by atoms with E-state index in [1.165, 1.54) is 29.6 Å². The Balaban J connectivity index is 1.95. The van der Waals surface area contributed by atoms with Gasteiger partial charge in [-0.1, -0.05) is 24.3 Å². The largest absolute Gasteiger partial charge is 0.494 e. The second-order valence-corrected chi connectivity index (χ2v) is 5.99. The van der Waals surface area contributed by atoms with Crippen LogP contribution in [0.3, 0.4) is 0 Å². The van der Waals surface area contributed by atoms with Crippen LogP contribution in [0.15, 0.2) is 48.7 Å². The van der Waals surface area contributed by atoms with Gasteiger partial charge >= 0.3 is 0 Å². The molecule has 0 aliphatic carbocycles. The third-order valence-corrected chi connectivity index (χ3v) is 4.61. The number of hydrogen-bond donors (Lipinski definition) is 1. The Morgan fingerprint density at radius 1 is 1.21 bits per heavy atom. The highest BCUT2D eigenvalue weighted by atomic mass is 19.1. The first-order valence-corrected chi connectivity index (χ1v) is 8.28. The van der Waals surface area contributed by atoms with Crippen molar-refractivity contribution in [3.63, 3.8) is 0 Å². The van der Waals surface area contributed by atoms with Crippen molar-refractivity contribution in [2.45, 2.75) is 25.8 Å². The molecule has 3 aromatic rings. The minimum Gasteiger partial charge on any atom is -0.494 e. The molecule has 4 heteroatoms. The zero-order valence-corrected chi connectivity index (χ0v) is 14.1. The van der Waals surface area contributed by atoms with Gasteiger partial charge in [0.25, 0.3) is 0 Å². The Morgan fingerprint density at radius 3 is 2.67 bits per heavy atom. The molecule has 3 nitrogen and oxygen atoms in total. The minimum absolute atomic E-state index is 0.0709. The molecule has 0 radical (unpaired) electrons. The number of nitrogens with zero attached hydrogens (tertiary/aromatic N) is 1. The summed E-state index contributed by atoms with van der Waals surface area (Å²) in [7, 11) is 1.47. The van der Waals surface area contributed by atoms with Crippen molar-refractivity contribution in [1.29, 1.82) is 0 Å². The number of ether oxygens (including phenoxy) is 1. The van der Waals surface area contributed by atoms with Gasteiger partial charge in [0.1, 0.15) is 0 Å². The van der Waals surface area contributed by atoms with Crippen molar-refractivity contribution in [2.75, 3.05) is 13.7 Å². The Kier molecular flexibility index (Phi) is 4.86. The summed E-state index contributed by atoms with van der Waals surface area (Å²) in [6, 6.07) is 13.5. The highest BCUT2D eigenvalue weighted by Crippen LogP contribution is 2.29. The molecule has 0 aliphatic rings. The lowest BCUT2D eigenvalue weighted by Crippen LogP contribution is -2.15. The number of hydrogen-bond acceptors (Lipinski definition) is 2. The molecule has 2 N–H and O–H groups in total. The van der Waals surface area contributed by atoms with Crippen LogP contribution in [0.25, 0.3) is 10.9 Å². The van der Waals surface area contributed by atoms with Crippen molar-refractivity contribution in [3.8, 4) is 5.75 Å². The first-order chi connectivity index (χ1) is 11.7. The van der Waals surface area contributed by atoms with Gasteiger partial charge in [-0.05, 0) is 49.2 Å². The van der Waals surface area contributed by atoms with E-state index in [2.05, 4.69) is 42.0 Å². The molecule has 0 aliphatic heterocycles. The van der Waals surface area contributed by atoms with Gasteiger partial charge in [0.15, 0.2) is 11.6 Å². The van der Waals surface area contributed by atoms with E-state index in [1.54, 1.807) is 6.07 Å². The van der Waals surface area contributed by atoms with E-state index in [4.69, 9.17) is 10.5 Å². The number of aromatic nitrogens is 1. The summed E-state index contributed by atoms with van der Waals surface area (Å²) >= 11 is 0. The maximum atomic E-state index is 14.0. The molecule has 0 saturated carbocycles. The molecule has 0 bridgehead atoms. The molecular formula is C20H23FN2O. The van der Waals surface area contributed by atoms with E-state index in [9.17, 15) is 4.39 Å². The Labute approximate surface area is 141 Å². The highest BCUT2D eigenvalue weighted by Gasteiger charge is 2.16. The third-order valence-electron chi connectivity index (χ3n) is 4.61. The molecule has 0 amide bonds. The average Bonchev–Trinajstić information content (AvgIpc) is 2.97. The topological polar surface area (TPSA) is 40.2 Å². The lowest BCUT2D eigenvalue weighted by atomic mass is 9.91. The van der Waals surface area contributed by atoms with Gasteiger partial charge in [0.2, 0.25) is 0 Å². The van der Waals surface area contributed by atoms with Crippen LogP contribution in [0.1, 0.15) is 24.0 Å². The summed E-state index contributed by atoms with van der Waals surface area (Å²) in [5, 5.41) is 1.24. The number of fused-ring (bicyclic) bond motifs is 1. The quantitative estimate of drug-likeness (QED) is 0.741. The molecule has 1 unspecified atom stereocenters. The molecule has 0 fully saturated rings. The van der Waals surface area contributed by atoms with Crippen LogP contribution < -0.4 is 10.5 Å². The Bertz CT molecular complexity index is 841. The lowest BCUT2D eigenvalue weighted by Gasteiger charge is -2.16. The van der Waals surface area contributed by atoms with E-state index in [-0.39, 0.29) is 17.5 Å². The number of halogens is 1. The van der Waals surface area contributed by atoms with Crippen LogP contribution in [0.4, 0.5) is 4.39 Å². The first-order valence-electron chi connectivity index (χ1n) is 8.28. The van der Waals surface area contributed by atoms with E-state index in [1.807, 2.05) is 6.07 Å². The van der Waals surface area contributed by atoms with Crippen LogP contribution in [-0.4, -0.2) is 18.2 Å². The zero-order valence-electron chi connectivity index (χ0n) is 14.1. The van der Waals surface area contributed by atoms with E-state index < -0.39 is 0 Å². The number of nitrogens with two attached hydrogens (primary N) is 1. The van der Waals surface area contributed by atoms with Crippen LogP contribution in [0.2, 0.25) is 0 Å². The summed E-state index contributed by atoms with van der Waals surface area (Å²) in [6.07, 6.45) is 2.98. The highest BCUT2D eigenvalue weighted by molar-refractivity contribution is 5.84. The summed E-state index contributed by atoms with van der Waals surface area (Å²) in [4.78, 5) is 0. The molecule has 2 aromatic carbocycles. The fourth-order valence-corrected chi connectivity index (χ4v) is 3.29. The van der Waals surface area contributed by atoms with Gasteiger partial charge < -0.3 is 15.0 Å². The van der Waals surface area contributed by atoms with Gasteiger partial charge in [-0.2, -0.15) is 0 Å². The van der Waals surface area contributed by atoms with Crippen molar-refractivity contribution in [1.82, 2.24) is 4.57 Å². The van der Waals surface area contributed by atoms with Gasteiger partial charge in [0, 0.05) is 29.6 Å². The fraction of sp³-hybridized carbons (Fsp3) is 0.300. The molecule has 1 aromatic heterocycles. The Morgan fingerprint density at radius 2 is 2.00 bits per heavy atom. The maximum absolute atomic E-state index is 14.0. The van der Waals surface area contributed by atoms with Crippen LogP contribution in [0.5, 0.6) is 5.75 Å². The second-order valence-electron chi connectivity index (χ2n) is 5.99. The summed E-state index contributed by atoms with van der Waals surface area (Å²) in [6.45, 7) is 3.53. The normalized spacial score (nSPS) is 12.5. The number of para-hydroxylation sites is 1. The van der Waals surface area contributed by atoms with Gasteiger partial charge in [-0.15, -0.1) is 0 Å². The standard InChI is InChI=1S/C20H23FN2O/c1-3-23-13-16(17-6-4-5-7-19(17)23)10-15(12-22)14-8-9-20(24-2)18(21)11-14/h4-9,11,13,15H,3,10,12,22H2,1-2H3. The molecule has 0 saturated heterocycles. The third kappa shape index (κ3) is 3.02. The van der Waals surface area contributed by atoms with E-state index in [0.29, 0.717) is 6.54 Å². The fourth-order valence-electron chi connectivity index (χ4n) is 3.29. The first kappa shape index (κ1) is 16.5. The summed E-state index contributed by atoms with van der Waals surface area (Å²) < 4.78 is 21.3. The van der Waals surface area contributed by atoms with E-state index in [0.717, 1.165) is 18.5 Å². The molecule has 3 rings (SSSR count). The van der Waals surface area contributed by atoms with Crippen molar-refractivity contribution in [2.24, 2.45) is 5.73 Å². The van der Waals surface area contributed by atoms with Crippen molar-refractivity contribution < 1.29 is 9.13 Å². The summed E-state index contributed by atoms with van der Waals surface area (Å²) in [5.74, 6) is -0.0111. The number of aryl methyl sites for hydroxylation is 1.